The Bertz CT molecular complexity index is 3740. The Morgan fingerprint density at radius 2 is 0.892 bits per heavy atom. The van der Waals surface area contributed by atoms with Crippen molar-refractivity contribution in [3.63, 3.8) is 0 Å². The van der Waals surface area contributed by atoms with Gasteiger partial charge in [0.1, 0.15) is 11.2 Å². The third kappa shape index (κ3) is 5.74. The van der Waals surface area contributed by atoms with Crippen molar-refractivity contribution < 1.29 is 4.42 Å². The van der Waals surface area contributed by atoms with E-state index < -0.39 is 5.41 Å². The summed E-state index contributed by atoms with van der Waals surface area (Å²) >= 11 is 0. The average Bonchev–Trinajstić information content (AvgIpc) is 3.91. The van der Waals surface area contributed by atoms with Crippen LogP contribution < -0.4 is 4.90 Å². The fraction of sp³-hybridized carbons (Fsp3) is 0.0159. The third-order valence-electron chi connectivity index (χ3n) is 13.7. The molecule has 0 unspecified atom stereocenters. The van der Waals surface area contributed by atoms with Gasteiger partial charge in [-0.25, -0.2) is 0 Å². The Hall–Kier alpha value is -8.46. The van der Waals surface area contributed by atoms with Crippen molar-refractivity contribution in [1.29, 1.82) is 0 Å². The van der Waals surface area contributed by atoms with Crippen molar-refractivity contribution in [2.24, 2.45) is 0 Å². The zero-order chi connectivity index (χ0) is 42.9. The van der Waals surface area contributed by atoms with E-state index in [0.717, 1.165) is 55.7 Å². The van der Waals surface area contributed by atoms with Crippen LogP contribution in [-0.2, 0) is 5.41 Å². The van der Waals surface area contributed by atoms with E-state index in [9.17, 15) is 0 Å². The number of para-hydroxylation sites is 2. The van der Waals surface area contributed by atoms with Gasteiger partial charge in [-0.1, -0.05) is 206 Å². The number of anilines is 3. The van der Waals surface area contributed by atoms with E-state index in [0.29, 0.717) is 0 Å². The third-order valence-corrected chi connectivity index (χ3v) is 13.7. The number of furan rings is 1. The number of benzene rings is 11. The summed E-state index contributed by atoms with van der Waals surface area (Å²) in [6, 6.07) is 90.9. The van der Waals surface area contributed by atoms with E-state index in [4.69, 9.17) is 4.42 Å². The molecule has 1 aliphatic rings. The predicted octanol–water partition coefficient (Wildman–Crippen LogP) is 17.1. The molecule has 1 heterocycles. The van der Waals surface area contributed by atoms with Gasteiger partial charge in [-0.05, 0) is 114 Å². The van der Waals surface area contributed by atoms with Crippen LogP contribution in [0.25, 0.3) is 76.9 Å². The van der Waals surface area contributed by atoms with Gasteiger partial charge in [-0.15, -0.1) is 0 Å². The Labute approximate surface area is 377 Å². The monoisotopic (exact) mass is 827 g/mol. The first kappa shape index (κ1) is 37.1. The molecule has 0 aliphatic heterocycles. The first-order chi connectivity index (χ1) is 32.2. The van der Waals surface area contributed by atoms with Crippen LogP contribution in [0, 0.1) is 0 Å². The summed E-state index contributed by atoms with van der Waals surface area (Å²) < 4.78 is 6.51. The molecule has 0 saturated carbocycles. The van der Waals surface area contributed by atoms with Gasteiger partial charge in [-0.3, -0.25) is 0 Å². The zero-order valence-corrected chi connectivity index (χ0v) is 35.5. The van der Waals surface area contributed by atoms with E-state index in [-0.39, 0.29) is 0 Å². The molecule has 1 aromatic heterocycles. The van der Waals surface area contributed by atoms with Crippen LogP contribution in [0.5, 0.6) is 0 Å². The maximum atomic E-state index is 6.51. The van der Waals surface area contributed by atoms with Crippen LogP contribution in [0.1, 0.15) is 22.3 Å². The van der Waals surface area contributed by atoms with E-state index in [2.05, 4.69) is 241 Å². The molecule has 0 N–H and O–H groups in total. The Morgan fingerprint density at radius 1 is 0.308 bits per heavy atom. The van der Waals surface area contributed by atoms with E-state index in [1.54, 1.807) is 0 Å². The average molecular weight is 828 g/mol. The molecule has 2 nitrogen and oxygen atoms in total. The summed E-state index contributed by atoms with van der Waals surface area (Å²) in [6.45, 7) is 0. The number of hydrogen-bond donors (Lipinski definition) is 0. The lowest BCUT2D eigenvalue weighted by atomic mass is 9.67. The second-order valence-electron chi connectivity index (χ2n) is 17.2. The Balaban J connectivity index is 1.01. The van der Waals surface area contributed by atoms with Gasteiger partial charge in [0.05, 0.1) is 5.41 Å². The molecule has 12 aromatic rings. The molecule has 2 heteroatoms. The summed E-state index contributed by atoms with van der Waals surface area (Å²) in [5.41, 5.74) is 16.7. The van der Waals surface area contributed by atoms with Gasteiger partial charge in [0.25, 0.3) is 0 Å². The first-order valence-corrected chi connectivity index (χ1v) is 22.4. The fourth-order valence-corrected chi connectivity index (χ4v) is 10.9. The molecule has 65 heavy (non-hydrogen) atoms. The molecule has 0 radical (unpaired) electrons. The molecule has 11 aromatic carbocycles. The lowest BCUT2D eigenvalue weighted by molar-refractivity contribution is 0.670. The second kappa shape index (κ2) is 14.8. The van der Waals surface area contributed by atoms with Crippen molar-refractivity contribution in [3.8, 4) is 33.4 Å². The highest BCUT2D eigenvalue weighted by atomic mass is 16.3. The second-order valence-corrected chi connectivity index (χ2v) is 17.2. The van der Waals surface area contributed by atoms with Crippen LogP contribution >= 0.6 is 0 Å². The number of nitrogens with zero attached hydrogens (tertiary/aromatic N) is 1. The lowest BCUT2D eigenvalue weighted by Gasteiger charge is -2.35. The van der Waals surface area contributed by atoms with E-state index in [1.165, 1.54) is 60.5 Å². The molecule has 0 amide bonds. The van der Waals surface area contributed by atoms with Gasteiger partial charge < -0.3 is 9.32 Å². The summed E-state index contributed by atoms with van der Waals surface area (Å²) in [5.74, 6) is 0. The van der Waals surface area contributed by atoms with Crippen LogP contribution in [0.4, 0.5) is 17.1 Å². The maximum absolute atomic E-state index is 6.51. The molecular weight excluding hydrogens is 787 g/mol. The van der Waals surface area contributed by atoms with Crippen molar-refractivity contribution in [2.75, 3.05) is 4.90 Å². The highest BCUT2D eigenvalue weighted by molar-refractivity contribution is 6.12. The molecular formula is C63H41NO. The molecule has 304 valence electrons. The normalized spacial score (nSPS) is 12.7. The van der Waals surface area contributed by atoms with Gasteiger partial charge in [0.2, 0.25) is 0 Å². The molecule has 1 aliphatic carbocycles. The summed E-state index contributed by atoms with van der Waals surface area (Å²) in [4.78, 5) is 2.42. The zero-order valence-electron chi connectivity index (χ0n) is 35.5. The molecule has 0 atom stereocenters. The lowest BCUT2D eigenvalue weighted by Crippen LogP contribution is -2.28. The topological polar surface area (TPSA) is 16.4 Å². The molecule has 0 fully saturated rings. The van der Waals surface area contributed by atoms with Crippen molar-refractivity contribution in [1.82, 2.24) is 0 Å². The van der Waals surface area contributed by atoms with Crippen LogP contribution in [0.15, 0.2) is 253 Å². The van der Waals surface area contributed by atoms with Crippen molar-refractivity contribution in [2.45, 2.75) is 5.41 Å². The summed E-state index contributed by atoms with van der Waals surface area (Å²) in [5, 5.41) is 7.27. The Kier molecular flexibility index (Phi) is 8.47. The van der Waals surface area contributed by atoms with Crippen molar-refractivity contribution >= 4 is 60.5 Å². The SMILES string of the molecule is c1ccc(C2(c3cccc(N(c4ccc(-c5cccc6c5oc5ccccc56)cc4)c4cccc(-c5cccc6c5ccc5ccccc56)c4)c3)c3ccccc3-c3ccccc32)cc1. The Morgan fingerprint density at radius 3 is 1.69 bits per heavy atom. The predicted molar refractivity (Wildman–Crippen MR) is 272 cm³/mol. The summed E-state index contributed by atoms with van der Waals surface area (Å²) in [7, 11) is 0. The van der Waals surface area contributed by atoms with E-state index in [1.807, 2.05) is 12.1 Å². The number of hydrogen-bond acceptors (Lipinski definition) is 2. The largest absolute Gasteiger partial charge is 0.455 e. The molecule has 0 saturated heterocycles. The van der Waals surface area contributed by atoms with Gasteiger partial charge in [-0.2, -0.15) is 0 Å². The number of rotatable bonds is 7. The molecule has 13 rings (SSSR count). The van der Waals surface area contributed by atoms with Gasteiger partial charge in [0, 0.05) is 33.4 Å². The number of fused-ring (bicyclic) bond motifs is 9. The maximum Gasteiger partial charge on any atom is 0.143 e. The quantitative estimate of drug-likeness (QED) is 0.149. The molecule has 0 bridgehead atoms. The fourth-order valence-electron chi connectivity index (χ4n) is 10.9. The standard InChI is InChI=1S/C63H41NO/c1-2-18-45(19-3-1)63(59-31-9-6-24-55(59)56-25-7-10-32-60(56)63)46-20-13-22-49(41-46)64(47-37-34-43(35-38-47)52-28-15-30-58-57-26-8-11-33-61(57)65-62(52)58)48-21-12-17-44(40-48)51-27-14-29-53-50-23-5-4-16-42(50)36-39-54(51)53/h1-41H. The van der Waals surface area contributed by atoms with Gasteiger partial charge in [0.15, 0.2) is 0 Å². The minimum atomic E-state index is -0.529. The first-order valence-electron chi connectivity index (χ1n) is 22.4. The van der Waals surface area contributed by atoms with Crippen LogP contribution in [0.2, 0.25) is 0 Å². The minimum absolute atomic E-state index is 0.529. The highest BCUT2D eigenvalue weighted by Crippen LogP contribution is 2.56. The highest BCUT2D eigenvalue weighted by Gasteiger charge is 2.46. The van der Waals surface area contributed by atoms with Crippen molar-refractivity contribution in [3.05, 3.63) is 271 Å². The molecule has 0 spiro atoms. The van der Waals surface area contributed by atoms with Crippen LogP contribution in [-0.4, -0.2) is 0 Å². The smallest absolute Gasteiger partial charge is 0.143 e. The van der Waals surface area contributed by atoms with Gasteiger partial charge >= 0.3 is 0 Å². The van der Waals surface area contributed by atoms with Crippen LogP contribution in [0.3, 0.4) is 0 Å². The summed E-state index contributed by atoms with van der Waals surface area (Å²) in [6.07, 6.45) is 0. The van der Waals surface area contributed by atoms with E-state index >= 15 is 0 Å². The minimum Gasteiger partial charge on any atom is -0.455 e.